The summed E-state index contributed by atoms with van der Waals surface area (Å²) in [6.45, 7) is 6.24. The summed E-state index contributed by atoms with van der Waals surface area (Å²) < 4.78 is 12.5. The lowest BCUT2D eigenvalue weighted by Crippen LogP contribution is -2.40. The number of benzene rings is 1. The zero-order chi connectivity index (χ0) is 22.1. The molecule has 1 fully saturated rings. The van der Waals surface area contributed by atoms with Crippen molar-refractivity contribution < 1.29 is 14.3 Å². The van der Waals surface area contributed by atoms with E-state index in [2.05, 4.69) is 25.5 Å². The Kier molecular flexibility index (Phi) is 5.38. The lowest BCUT2D eigenvalue weighted by molar-refractivity contribution is -0.125. The molecule has 3 aromatic rings. The van der Waals surface area contributed by atoms with Gasteiger partial charge in [-0.2, -0.15) is 5.10 Å². The fourth-order valence-electron chi connectivity index (χ4n) is 4.22. The largest absolute Gasteiger partial charge is 0.454 e. The molecule has 2 aromatic heterocycles. The Morgan fingerprint density at radius 2 is 1.78 bits per heavy atom. The van der Waals surface area contributed by atoms with Gasteiger partial charge in [-0.1, -0.05) is 6.07 Å². The van der Waals surface area contributed by atoms with Gasteiger partial charge in [0.15, 0.2) is 23.1 Å². The number of fused-ring (bicyclic) bond motifs is 1. The lowest BCUT2D eigenvalue weighted by Gasteiger charge is -2.31. The van der Waals surface area contributed by atoms with Crippen molar-refractivity contribution in [2.24, 2.45) is 5.92 Å². The van der Waals surface area contributed by atoms with E-state index in [1.807, 2.05) is 50.2 Å². The van der Waals surface area contributed by atoms with Crippen molar-refractivity contribution in [3.8, 4) is 17.3 Å². The summed E-state index contributed by atoms with van der Waals surface area (Å²) in [7, 11) is 0. The summed E-state index contributed by atoms with van der Waals surface area (Å²) >= 11 is 0. The van der Waals surface area contributed by atoms with Crippen LogP contribution in [0.3, 0.4) is 0 Å². The van der Waals surface area contributed by atoms with Crippen LogP contribution < -0.4 is 19.7 Å². The molecular formula is C23H26N6O3. The number of rotatable bonds is 5. The Bertz CT molecular complexity index is 1120. The van der Waals surface area contributed by atoms with Crippen molar-refractivity contribution in [1.82, 2.24) is 25.3 Å². The number of ether oxygens (including phenoxy) is 2. The van der Waals surface area contributed by atoms with E-state index in [4.69, 9.17) is 9.47 Å². The highest BCUT2D eigenvalue weighted by molar-refractivity contribution is 5.79. The van der Waals surface area contributed by atoms with Crippen molar-refractivity contribution >= 4 is 11.7 Å². The number of piperidine rings is 1. The summed E-state index contributed by atoms with van der Waals surface area (Å²) in [5, 5.41) is 16.3. The van der Waals surface area contributed by atoms with Crippen molar-refractivity contribution in [2.45, 2.75) is 33.2 Å². The zero-order valence-corrected chi connectivity index (χ0v) is 18.2. The Morgan fingerprint density at radius 1 is 1.03 bits per heavy atom. The molecule has 9 nitrogen and oxygen atoms in total. The lowest BCUT2D eigenvalue weighted by atomic mass is 9.96. The maximum Gasteiger partial charge on any atom is 0.231 e. The number of hydrogen-bond acceptors (Lipinski definition) is 7. The number of carbonyl (C=O) groups is 1. The van der Waals surface area contributed by atoms with Gasteiger partial charge < -0.3 is 19.7 Å². The molecule has 0 radical (unpaired) electrons. The Hall–Kier alpha value is -3.62. The first-order valence-corrected chi connectivity index (χ1v) is 10.9. The van der Waals surface area contributed by atoms with Gasteiger partial charge in [-0.25, -0.2) is 4.68 Å². The molecular weight excluding hydrogens is 408 g/mol. The standard InChI is InChI=1S/C23H26N6O3/c1-15-11-16(2)29(27-15)22-6-5-21(25-26-22)28-9-7-18(8-10-28)23(30)24-13-17-3-4-19-20(12-17)32-14-31-19/h3-6,11-12,18H,7-10,13-14H2,1-2H3,(H,24,30). The summed E-state index contributed by atoms with van der Waals surface area (Å²) in [6.07, 6.45) is 1.57. The van der Waals surface area contributed by atoms with E-state index in [0.717, 1.165) is 60.2 Å². The molecule has 0 unspecified atom stereocenters. The van der Waals surface area contributed by atoms with E-state index in [0.29, 0.717) is 12.4 Å². The van der Waals surface area contributed by atoms with Gasteiger partial charge in [0.05, 0.1) is 5.69 Å². The van der Waals surface area contributed by atoms with Crippen molar-refractivity contribution in [3.63, 3.8) is 0 Å². The fraction of sp³-hybridized carbons (Fsp3) is 0.391. The molecule has 166 valence electrons. The molecule has 2 aliphatic rings. The summed E-state index contributed by atoms with van der Waals surface area (Å²) in [4.78, 5) is 14.8. The molecule has 0 saturated carbocycles. The van der Waals surface area contributed by atoms with E-state index in [1.54, 1.807) is 4.68 Å². The Balaban J connectivity index is 1.13. The van der Waals surface area contributed by atoms with E-state index in [9.17, 15) is 4.79 Å². The number of anilines is 1. The third-order valence-corrected chi connectivity index (χ3v) is 5.96. The first-order chi connectivity index (χ1) is 15.6. The first kappa shape index (κ1) is 20.3. The van der Waals surface area contributed by atoms with Crippen LogP contribution in [0.5, 0.6) is 11.5 Å². The number of aryl methyl sites for hydroxylation is 2. The molecule has 1 saturated heterocycles. The molecule has 5 rings (SSSR count). The monoisotopic (exact) mass is 434 g/mol. The second-order valence-electron chi connectivity index (χ2n) is 8.26. The predicted molar refractivity (Wildman–Crippen MR) is 118 cm³/mol. The molecule has 4 heterocycles. The van der Waals surface area contributed by atoms with Crippen LogP contribution in [-0.4, -0.2) is 45.8 Å². The SMILES string of the molecule is Cc1cc(C)n(-c2ccc(N3CCC(C(=O)NCc4ccc5c(c4)OCO5)CC3)nn2)n1. The Morgan fingerprint density at radius 3 is 2.50 bits per heavy atom. The highest BCUT2D eigenvalue weighted by Crippen LogP contribution is 2.32. The number of aromatic nitrogens is 4. The molecule has 0 aliphatic carbocycles. The third-order valence-electron chi connectivity index (χ3n) is 5.96. The number of nitrogens with one attached hydrogen (secondary N) is 1. The van der Waals surface area contributed by atoms with Crippen LogP contribution >= 0.6 is 0 Å². The van der Waals surface area contributed by atoms with Gasteiger partial charge in [0.2, 0.25) is 12.7 Å². The van der Waals surface area contributed by atoms with Crippen LogP contribution in [0.15, 0.2) is 36.4 Å². The Labute approximate surface area is 186 Å². The molecule has 0 spiro atoms. The van der Waals surface area contributed by atoms with Crippen molar-refractivity contribution in [1.29, 1.82) is 0 Å². The summed E-state index contributed by atoms with van der Waals surface area (Å²) in [5.74, 6) is 3.11. The molecule has 1 aromatic carbocycles. The average molecular weight is 435 g/mol. The molecule has 2 aliphatic heterocycles. The first-order valence-electron chi connectivity index (χ1n) is 10.9. The highest BCUT2D eigenvalue weighted by Gasteiger charge is 2.26. The van der Waals surface area contributed by atoms with Crippen LogP contribution in [0.4, 0.5) is 5.82 Å². The normalized spacial score (nSPS) is 15.8. The quantitative estimate of drug-likeness (QED) is 0.659. The number of carbonyl (C=O) groups excluding carboxylic acids is 1. The second-order valence-corrected chi connectivity index (χ2v) is 8.26. The third kappa shape index (κ3) is 4.10. The molecule has 1 N–H and O–H groups in total. The maximum atomic E-state index is 12.7. The molecule has 32 heavy (non-hydrogen) atoms. The maximum absolute atomic E-state index is 12.7. The molecule has 1 amide bonds. The number of hydrogen-bond donors (Lipinski definition) is 1. The van der Waals surface area contributed by atoms with Crippen LogP contribution in [0, 0.1) is 19.8 Å². The van der Waals surface area contributed by atoms with Gasteiger partial charge in [0.25, 0.3) is 0 Å². The summed E-state index contributed by atoms with van der Waals surface area (Å²) in [6, 6.07) is 11.7. The van der Waals surface area contributed by atoms with Crippen LogP contribution in [0.1, 0.15) is 29.8 Å². The van der Waals surface area contributed by atoms with Gasteiger partial charge in [0.1, 0.15) is 0 Å². The number of amides is 1. The molecule has 9 heteroatoms. The van der Waals surface area contributed by atoms with Crippen LogP contribution in [-0.2, 0) is 11.3 Å². The minimum atomic E-state index is 0.00203. The van der Waals surface area contributed by atoms with E-state index >= 15 is 0 Å². The van der Waals surface area contributed by atoms with Gasteiger partial charge in [-0.3, -0.25) is 4.79 Å². The minimum absolute atomic E-state index is 0.00203. The highest BCUT2D eigenvalue weighted by atomic mass is 16.7. The average Bonchev–Trinajstić information content (AvgIpc) is 3.42. The van der Waals surface area contributed by atoms with Gasteiger partial charge in [0, 0.05) is 31.2 Å². The predicted octanol–water partition coefficient (Wildman–Crippen LogP) is 2.54. The molecule has 0 bridgehead atoms. The smallest absolute Gasteiger partial charge is 0.231 e. The van der Waals surface area contributed by atoms with Gasteiger partial charge >= 0.3 is 0 Å². The minimum Gasteiger partial charge on any atom is -0.454 e. The van der Waals surface area contributed by atoms with Gasteiger partial charge in [-0.05, 0) is 62.6 Å². The van der Waals surface area contributed by atoms with Crippen molar-refractivity contribution in [2.75, 3.05) is 24.8 Å². The van der Waals surface area contributed by atoms with E-state index < -0.39 is 0 Å². The summed E-state index contributed by atoms with van der Waals surface area (Å²) in [5.41, 5.74) is 2.97. The topological polar surface area (TPSA) is 94.4 Å². The molecule has 0 atom stereocenters. The van der Waals surface area contributed by atoms with Gasteiger partial charge in [-0.15, -0.1) is 10.2 Å². The van der Waals surface area contributed by atoms with E-state index in [1.165, 1.54) is 0 Å². The van der Waals surface area contributed by atoms with Crippen LogP contribution in [0.2, 0.25) is 0 Å². The van der Waals surface area contributed by atoms with Crippen LogP contribution in [0.25, 0.3) is 5.82 Å². The number of nitrogens with zero attached hydrogens (tertiary/aromatic N) is 5. The second kappa shape index (κ2) is 8.49. The fourth-order valence-corrected chi connectivity index (χ4v) is 4.22. The van der Waals surface area contributed by atoms with Crippen molar-refractivity contribution in [3.05, 3.63) is 53.3 Å². The zero-order valence-electron chi connectivity index (χ0n) is 18.2. The van der Waals surface area contributed by atoms with E-state index in [-0.39, 0.29) is 18.6 Å².